The van der Waals surface area contributed by atoms with E-state index < -0.39 is 35.8 Å². The van der Waals surface area contributed by atoms with E-state index in [1.165, 1.54) is 0 Å². The molecule has 3 N–H and O–H groups in total. The molecule has 3 rings (SSSR count). The second-order valence-corrected chi connectivity index (χ2v) is 6.62. The summed E-state index contributed by atoms with van der Waals surface area (Å²) in [7, 11) is 0. The summed E-state index contributed by atoms with van der Waals surface area (Å²) in [6.07, 6.45) is -9.65. The molecule has 0 aliphatic carbocycles. The SMILES string of the molecule is CC1COc2c1cc([C@@](O)(CN)C(F)(F)F)nc2-c1ccc(C(F)(F)F)cc1. The lowest BCUT2D eigenvalue weighted by Crippen LogP contribution is -2.49. The number of hydrogen-bond acceptors (Lipinski definition) is 4. The molecule has 2 aromatic rings. The lowest BCUT2D eigenvalue weighted by molar-refractivity contribution is -0.263. The van der Waals surface area contributed by atoms with Crippen LogP contribution in [0.15, 0.2) is 30.3 Å². The van der Waals surface area contributed by atoms with E-state index in [1.54, 1.807) is 6.92 Å². The van der Waals surface area contributed by atoms with Crippen molar-refractivity contribution in [2.45, 2.75) is 30.8 Å². The third kappa shape index (κ3) is 3.30. The third-order valence-corrected chi connectivity index (χ3v) is 4.68. The fourth-order valence-electron chi connectivity index (χ4n) is 2.96. The first kappa shape index (κ1) is 20.4. The minimum Gasteiger partial charge on any atom is -0.490 e. The molecule has 4 nitrogen and oxygen atoms in total. The molecule has 1 aromatic heterocycles. The van der Waals surface area contributed by atoms with Crippen LogP contribution in [0.1, 0.15) is 29.7 Å². The molecule has 0 spiro atoms. The zero-order valence-electron chi connectivity index (χ0n) is 14.5. The Bertz CT molecular complexity index is 879. The van der Waals surface area contributed by atoms with Crippen molar-refractivity contribution < 1.29 is 36.2 Å². The van der Waals surface area contributed by atoms with Crippen molar-refractivity contribution in [2.75, 3.05) is 13.2 Å². The number of nitrogens with zero attached hydrogens (tertiary/aromatic N) is 1. The summed E-state index contributed by atoms with van der Waals surface area (Å²) in [6, 6.07) is 4.87. The topological polar surface area (TPSA) is 68.4 Å². The molecule has 28 heavy (non-hydrogen) atoms. The summed E-state index contributed by atoms with van der Waals surface area (Å²) in [5.74, 6) is -0.113. The van der Waals surface area contributed by atoms with Gasteiger partial charge in [0.05, 0.1) is 17.9 Å². The average molecular weight is 406 g/mol. The molecule has 1 aromatic carbocycles. The molecular formula is C18H16F6N2O2. The summed E-state index contributed by atoms with van der Waals surface area (Å²) in [5, 5.41) is 10.2. The predicted octanol–water partition coefficient (Wildman–Crippen LogP) is 3.97. The summed E-state index contributed by atoms with van der Waals surface area (Å²) in [5.41, 5.74) is 0.575. The maximum absolute atomic E-state index is 13.4. The van der Waals surface area contributed by atoms with E-state index in [0.717, 1.165) is 30.3 Å². The monoisotopic (exact) mass is 406 g/mol. The predicted molar refractivity (Wildman–Crippen MR) is 87.6 cm³/mol. The highest BCUT2D eigenvalue weighted by Crippen LogP contribution is 2.45. The number of rotatable bonds is 3. The smallest absolute Gasteiger partial charge is 0.424 e. The van der Waals surface area contributed by atoms with E-state index in [0.29, 0.717) is 5.56 Å². The number of fused-ring (bicyclic) bond motifs is 1. The number of ether oxygens (including phenoxy) is 1. The molecule has 2 heterocycles. The first-order chi connectivity index (χ1) is 12.9. The lowest BCUT2D eigenvalue weighted by Gasteiger charge is -2.29. The van der Waals surface area contributed by atoms with Gasteiger partial charge in [0.15, 0.2) is 0 Å². The van der Waals surface area contributed by atoms with Gasteiger partial charge in [0.1, 0.15) is 11.4 Å². The average Bonchev–Trinajstić information content (AvgIpc) is 3.00. The van der Waals surface area contributed by atoms with Crippen LogP contribution in [0.2, 0.25) is 0 Å². The Morgan fingerprint density at radius 3 is 2.25 bits per heavy atom. The number of halogens is 6. The van der Waals surface area contributed by atoms with E-state index in [1.807, 2.05) is 0 Å². The first-order valence-electron chi connectivity index (χ1n) is 8.23. The van der Waals surface area contributed by atoms with E-state index >= 15 is 0 Å². The van der Waals surface area contributed by atoms with Gasteiger partial charge in [-0.15, -0.1) is 0 Å². The molecule has 0 saturated carbocycles. The van der Waals surface area contributed by atoms with Crippen LogP contribution in [-0.4, -0.2) is 29.4 Å². The van der Waals surface area contributed by atoms with Crippen LogP contribution in [0.3, 0.4) is 0 Å². The van der Waals surface area contributed by atoms with Gasteiger partial charge in [-0.2, -0.15) is 26.3 Å². The van der Waals surface area contributed by atoms with Crippen molar-refractivity contribution in [3.8, 4) is 17.0 Å². The van der Waals surface area contributed by atoms with Gasteiger partial charge >= 0.3 is 12.4 Å². The second kappa shape index (κ2) is 6.63. The maximum Gasteiger partial charge on any atom is 0.424 e. The maximum atomic E-state index is 13.4. The van der Waals surface area contributed by atoms with E-state index in [4.69, 9.17) is 10.5 Å². The number of pyridine rings is 1. The fraction of sp³-hybridized carbons (Fsp3) is 0.389. The van der Waals surface area contributed by atoms with E-state index in [9.17, 15) is 31.4 Å². The highest BCUT2D eigenvalue weighted by atomic mass is 19.4. The van der Waals surface area contributed by atoms with Crippen LogP contribution in [0.5, 0.6) is 5.75 Å². The van der Waals surface area contributed by atoms with Crippen molar-refractivity contribution in [3.05, 3.63) is 47.2 Å². The molecule has 0 fully saturated rings. The lowest BCUT2D eigenvalue weighted by atomic mass is 9.92. The fourth-order valence-corrected chi connectivity index (χ4v) is 2.96. The van der Waals surface area contributed by atoms with Gasteiger partial charge in [-0.3, -0.25) is 0 Å². The molecule has 10 heteroatoms. The van der Waals surface area contributed by atoms with Gasteiger partial charge < -0.3 is 15.6 Å². The van der Waals surface area contributed by atoms with Crippen molar-refractivity contribution >= 4 is 0 Å². The largest absolute Gasteiger partial charge is 0.490 e. The number of aromatic nitrogens is 1. The Balaban J connectivity index is 2.19. The highest BCUT2D eigenvalue weighted by molar-refractivity contribution is 5.70. The Morgan fingerprint density at radius 1 is 1.14 bits per heavy atom. The zero-order chi connectivity index (χ0) is 20.9. The summed E-state index contributed by atoms with van der Waals surface area (Å²) in [6.45, 7) is 0.715. The number of alkyl halides is 6. The Labute approximate surface area is 155 Å². The number of nitrogens with two attached hydrogens (primary N) is 1. The minimum absolute atomic E-state index is 0.0818. The standard InChI is InChI=1S/C18H16F6N2O2/c1-9-7-28-15-12(9)6-13(16(27,8-25)18(22,23)24)26-14(15)10-2-4-11(5-3-10)17(19,20)21/h2-6,9,27H,7-8,25H2,1H3/t9?,16-/m0/s1. The van der Waals surface area contributed by atoms with Crippen LogP contribution >= 0.6 is 0 Å². The number of benzene rings is 1. The molecular weight excluding hydrogens is 390 g/mol. The Kier molecular flexibility index (Phi) is 4.83. The van der Waals surface area contributed by atoms with Crippen molar-refractivity contribution in [2.24, 2.45) is 5.73 Å². The van der Waals surface area contributed by atoms with Crippen LogP contribution < -0.4 is 10.5 Å². The van der Waals surface area contributed by atoms with Gasteiger partial charge in [0.25, 0.3) is 0 Å². The summed E-state index contributed by atoms with van der Waals surface area (Å²) in [4.78, 5) is 3.89. The molecule has 0 saturated heterocycles. The van der Waals surface area contributed by atoms with Crippen molar-refractivity contribution in [1.82, 2.24) is 4.98 Å². The van der Waals surface area contributed by atoms with Gasteiger partial charge in [0.2, 0.25) is 5.60 Å². The Hall–Kier alpha value is -2.33. The minimum atomic E-state index is -5.09. The highest BCUT2D eigenvalue weighted by Gasteiger charge is 2.55. The molecule has 0 amide bonds. The molecule has 1 aliphatic heterocycles. The van der Waals surface area contributed by atoms with Gasteiger partial charge in [0, 0.05) is 23.6 Å². The van der Waals surface area contributed by atoms with Crippen LogP contribution in [-0.2, 0) is 11.8 Å². The summed E-state index contributed by atoms with van der Waals surface area (Å²) < 4.78 is 84.1. The van der Waals surface area contributed by atoms with Gasteiger partial charge in [-0.05, 0) is 18.2 Å². The van der Waals surface area contributed by atoms with Crippen LogP contribution in [0.4, 0.5) is 26.3 Å². The normalized spacial score (nSPS) is 19.1. The van der Waals surface area contributed by atoms with Gasteiger partial charge in [-0.25, -0.2) is 4.98 Å². The van der Waals surface area contributed by atoms with Crippen LogP contribution in [0.25, 0.3) is 11.3 Å². The van der Waals surface area contributed by atoms with Crippen molar-refractivity contribution in [3.63, 3.8) is 0 Å². The zero-order valence-corrected chi connectivity index (χ0v) is 14.5. The van der Waals surface area contributed by atoms with Crippen LogP contribution in [0, 0.1) is 0 Å². The van der Waals surface area contributed by atoms with E-state index in [-0.39, 0.29) is 29.5 Å². The summed E-state index contributed by atoms with van der Waals surface area (Å²) >= 11 is 0. The van der Waals surface area contributed by atoms with Gasteiger partial charge in [-0.1, -0.05) is 19.1 Å². The first-order valence-corrected chi connectivity index (χ1v) is 8.23. The third-order valence-electron chi connectivity index (χ3n) is 4.68. The molecule has 1 unspecified atom stereocenters. The molecule has 152 valence electrons. The molecule has 1 aliphatic rings. The Morgan fingerprint density at radius 2 is 1.75 bits per heavy atom. The molecule has 2 atom stereocenters. The second-order valence-electron chi connectivity index (χ2n) is 6.62. The van der Waals surface area contributed by atoms with E-state index in [2.05, 4.69) is 4.98 Å². The molecule has 0 bridgehead atoms. The number of aliphatic hydroxyl groups is 1. The number of hydrogen-bond donors (Lipinski definition) is 2. The van der Waals surface area contributed by atoms with Crippen molar-refractivity contribution in [1.29, 1.82) is 0 Å². The molecule has 0 radical (unpaired) electrons. The quantitative estimate of drug-likeness (QED) is 0.757.